The van der Waals surface area contributed by atoms with Crippen LogP contribution < -0.4 is 14.2 Å². The van der Waals surface area contributed by atoms with Crippen molar-refractivity contribution in [1.82, 2.24) is 10.2 Å². The standard InChI is InChI=1S/C23H20N2O4/c1-26-20-12-16(13-21(14-20)27-2)15-28-19-10-8-18(9-11-19)23-25-24-22(29-23)17-6-4-3-5-7-17/h3-14H,15H2,1-2H3. The first-order valence-corrected chi connectivity index (χ1v) is 9.09. The zero-order valence-electron chi connectivity index (χ0n) is 16.2. The highest BCUT2D eigenvalue weighted by molar-refractivity contribution is 5.58. The van der Waals surface area contributed by atoms with Crippen LogP contribution in [0, 0.1) is 0 Å². The fourth-order valence-electron chi connectivity index (χ4n) is 2.85. The van der Waals surface area contributed by atoms with Crippen molar-refractivity contribution in [2.24, 2.45) is 0 Å². The molecule has 0 atom stereocenters. The zero-order chi connectivity index (χ0) is 20.1. The Labute approximate surface area is 168 Å². The van der Waals surface area contributed by atoms with E-state index in [2.05, 4.69) is 10.2 Å². The Balaban J connectivity index is 1.44. The van der Waals surface area contributed by atoms with Crippen molar-refractivity contribution in [3.8, 4) is 40.2 Å². The van der Waals surface area contributed by atoms with Gasteiger partial charge in [0.1, 0.15) is 23.9 Å². The lowest BCUT2D eigenvalue weighted by Crippen LogP contribution is -1.97. The normalized spacial score (nSPS) is 10.6. The molecule has 29 heavy (non-hydrogen) atoms. The monoisotopic (exact) mass is 388 g/mol. The van der Waals surface area contributed by atoms with E-state index in [0.29, 0.717) is 18.4 Å². The molecule has 0 bridgehead atoms. The molecule has 146 valence electrons. The second-order valence-electron chi connectivity index (χ2n) is 6.31. The van der Waals surface area contributed by atoms with Crippen LogP contribution in [-0.2, 0) is 6.61 Å². The van der Waals surface area contributed by atoms with Gasteiger partial charge in [-0.3, -0.25) is 0 Å². The van der Waals surface area contributed by atoms with Gasteiger partial charge in [-0.1, -0.05) is 18.2 Å². The Bertz CT molecular complexity index is 1050. The molecule has 4 aromatic rings. The van der Waals surface area contributed by atoms with E-state index >= 15 is 0 Å². The van der Waals surface area contributed by atoms with Gasteiger partial charge in [0, 0.05) is 17.2 Å². The summed E-state index contributed by atoms with van der Waals surface area (Å²) >= 11 is 0. The lowest BCUT2D eigenvalue weighted by atomic mass is 10.2. The van der Waals surface area contributed by atoms with Crippen molar-refractivity contribution in [2.75, 3.05) is 14.2 Å². The predicted molar refractivity (Wildman–Crippen MR) is 109 cm³/mol. The number of nitrogens with zero attached hydrogens (tertiary/aromatic N) is 2. The maximum atomic E-state index is 5.88. The van der Waals surface area contributed by atoms with E-state index in [1.165, 1.54) is 0 Å². The fourth-order valence-corrected chi connectivity index (χ4v) is 2.85. The number of benzene rings is 3. The Morgan fingerprint density at radius 1 is 0.690 bits per heavy atom. The number of hydrogen-bond donors (Lipinski definition) is 0. The van der Waals surface area contributed by atoms with Gasteiger partial charge in [0.25, 0.3) is 0 Å². The van der Waals surface area contributed by atoms with E-state index in [-0.39, 0.29) is 0 Å². The zero-order valence-corrected chi connectivity index (χ0v) is 16.2. The van der Waals surface area contributed by atoms with Crippen LogP contribution in [0.2, 0.25) is 0 Å². The summed E-state index contributed by atoms with van der Waals surface area (Å²) in [4.78, 5) is 0. The Morgan fingerprint density at radius 3 is 1.86 bits per heavy atom. The largest absolute Gasteiger partial charge is 0.497 e. The average Bonchev–Trinajstić information content (AvgIpc) is 3.28. The highest BCUT2D eigenvalue weighted by Crippen LogP contribution is 2.27. The molecule has 3 aromatic carbocycles. The minimum Gasteiger partial charge on any atom is -0.497 e. The molecule has 0 unspecified atom stereocenters. The Hall–Kier alpha value is -3.80. The smallest absolute Gasteiger partial charge is 0.248 e. The van der Waals surface area contributed by atoms with E-state index in [4.69, 9.17) is 18.6 Å². The van der Waals surface area contributed by atoms with Gasteiger partial charge in [-0.25, -0.2) is 0 Å². The predicted octanol–water partition coefficient (Wildman–Crippen LogP) is 5.00. The summed E-state index contributed by atoms with van der Waals surface area (Å²) in [6, 6.07) is 22.9. The van der Waals surface area contributed by atoms with Crippen LogP contribution in [-0.4, -0.2) is 24.4 Å². The SMILES string of the molecule is COc1cc(COc2ccc(-c3nnc(-c4ccccc4)o3)cc2)cc(OC)c1. The number of rotatable bonds is 7. The Morgan fingerprint density at radius 2 is 1.28 bits per heavy atom. The molecule has 0 aliphatic heterocycles. The summed E-state index contributed by atoms with van der Waals surface area (Å²) in [5, 5.41) is 8.26. The van der Waals surface area contributed by atoms with E-state index < -0.39 is 0 Å². The van der Waals surface area contributed by atoms with Crippen molar-refractivity contribution in [3.63, 3.8) is 0 Å². The van der Waals surface area contributed by atoms with Crippen LogP contribution in [0.3, 0.4) is 0 Å². The molecular weight excluding hydrogens is 368 g/mol. The van der Waals surface area contributed by atoms with Crippen molar-refractivity contribution in [2.45, 2.75) is 6.61 Å². The topological polar surface area (TPSA) is 66.6 Å². The summed E-state index contributed by atoms with van der Waals surface area (Å²) in [6.07, 6.45) is 0. The third-order valence-corrected chi connectivity index (χ3v) is 4.36. The van der Waals surface area contributed by atoms with Crippen molar-refractivity contribution in [3.05, 3.63) is 78.4 Å². The van der Waals surface area contributed by atoms with Crippen molar-refractivity contribution < 1.29 is 18.6 Å². The molecule has 0 saturated heterocycles. The summed E-state index contributed by atoms with van der Waals surface area (Å²) in [7, 11) is 3.25. The van der Waals surface area contributed by atoms with Gasteiger partial charge >= 0.3 is 0 Å². The number of hydrogen-bond acceptors (Lipinski definition) is 6. The third kappa shape index (κ3) is 4.38. The van der Waals surface area contributed by atoms with Crippen molar-refractivity contribution in [1.29, 1.82) is 0 Å². The number of aromatic nitrogens is 2. The quantitative estimate of drug-likeness (QED) is 0.444. The first-order valence-electron chi connectivity index (χ1n) is 9.09. The molecule has 0 amide bonds. The van der Waals surface area contributed by atoms with Gasteiger partial charge in [-0.15, -0.1) is 10.2 Å². The first kappa shape index (κ1) is 18.6. The van der Waals surface area contributed by atoms with E-state index in [1.807, 2.05) is 72.8 Å². The molecule has 1 heterocycles. The molecule has 6 heteroatoms. The van der Waals surface area contributed by atoms with Crippen LogP contribution in [0.15, 0.2) is 77.2 Å². The molecule has 0 radical (unpaired) electrons. The van der Waals surface area contributed by atoms with E-state index in [9.17, 15) is 0 Å². The maximum absolute atomic E-state index is 5.88. The molecule has 0 spiro atoms. The lowest BCUT2D eigenvalue weighted by molar-refractivity contribution is 0.304. The molecule has 0 fully saturated rings. The summed E-state index contributed by atoms with van der Waals surface area (Å²) < 4.78 is 22.2. The molecule has 0 saturated carbocycles. The molecule has 1 aromatic heterocycles. The highest BCUT2D eigenvalue weighted by Gasteiger charge is 2.10. The Kier molecular flexibility index (Phi) is 5.42. The highest BCUT2D eigenvalue weighted by atomic mass is 16.5. The van der Waals surface area contributed by atoms with E-state index in [1.54, 1.807) is 14.2 Å². The lowest BCUT2D eigenvalue weighted by Gasteiger charge is -2.10. The number of methoxy groups -OCH3 is 2. The van der Waals surface area contributed by atoms with Crippen LogP contribution in [0.4, 0.5) is 0 Å². The summed E-state index contributed by atoms with van der Waals surface area (Å²) in [5.41, 5.74) is 2.67. The van der Waals surface area contributed by atoms with E-state index in [0.717, 1.165) is 33.9 Å². The molecule has 0 N–H and O–H groups in total. The minimum absolute atomic E-state index is 0.394. The third-order valence-electron chi connectivity index (χ3n) is 4.36. The second-order valence-corrected chi connectivity index (χ2v) is 6.31. The van der Waals surface area contributed by atoms with Crippen LogP contribution >= 0.6 is 0 Å². The van der Waals surface area contributed by atoms with Crippen LogP contribution in [0.5, 0.6) is 17.2 Å². The number of ether oxygens (including phenoxy) is 3. The minimum atomic E-state index is 0.394. The first-order chi connectivity index (χ1) is 14.2. The van der Waals surface area contributed by atoms with Crippen LogP contribution in [0.25, 0.3) is 22.9 Å². The molecule has 0 aliphatic carbocycles. The van der Waals surface area contributed by atoms with Gasteiger partial charge in [-0.05, 0) is 54.1 Å². The average molecular weight is 388 g/mol. The fraction of sp³-hybridized carbons (Fsp3) is 0.130. The van der Waals surface area contributed by atoms with Gasteiger partial charge < -0.3 is 18.6 Å². The molecule has 0 aliphatic rings. The van der Waals surface area contributed by atoms with Crippen LogP contribution in [0.1, 0.15) is 5.56 Å². The molecular formula is C23H20N2O4. The summed E-state index contributed by atoms with van der Waals surface area (Å²) in [5.74, 6) is 3.15. The van der Waals surface area contributed by atoms with Gasteiger partial charge in [0.2, 0.25) is 11.8 Å². The van der Waals surface area contributed by atoms with Crippen molar-refractivity contribution >= 4 is 0 Å². The second kappa shape index (κ2) is 8.48. The maximum Gasteiger partial charge on any atom is 0.248 e. The van der Waals surface area contributed by atoms with Gasteiger partial charge in [0.15, 0.2) is 0 Å². The summed E-state index contributed by atoms with van der Waals surface area (Å²) in [6.45, 7) is 0.394. The van der Waals surface area contributed by atoms with Gasteiger partial charge in [0.05, 0.1) is 14.2 Å². The van der Waals surface area contributed by atoms with Gasteiger partial charge in [-0.2, -0.15) is 0 Å². The molecule has 4 rings (SSSR count). The molecule has 6 nitrogen and oxygen atoms in total.